The summed E-state index contributed by atoms with van der Waals surface area (Å²) in [6.45, 7) is 9.05. The molecule has 0 saturated carbocycles. The van der Waals surface area contributed by atoms with Gasteiger partial charge in [0.05, 0.1) is 6.61 Å². The minimum atomic E-state index is 0.324. The molecule has 0 spiro atoms. The van der Waals surface area contributed by atoms with Crippen molar-refractivity contribution >= 4 is 0 Å². The molecule has 0 fully saturated rings. The average molecular weight is 191 g/mol. The lowest BCUT2D eigenvalue weighted by molar-refractivity contribution is 0.309. The van der Waals surface area contributed by atoms with Gasteiger partial charge >= 0.3 is 0 Å². The first kappa shape index (κ1) is 11.1. The van der Waals surface area contributed by atoms with Crippen molar-refractivity contribution in [2.45, 2.75) is 32.6 Å². The zero-order chi connectivity index (χ0) is 10.4. The third-order valence-corrected chi connectivity index (χ3v) is 2.19. The lowest BCUT2D eigenvalue weighted by Gasteiger charge is -2.09. The van der Waals surface area contributed by atoms with Crippen molar-refractivity contribution in [1.29, 1.82) is 0 Å². The first-order chi connectivity index (χ1) is 6.74. The second-order valence-corrected chi connectivity index (χ2v) is 3.68. The van der Waals surface area contributed by atoms with Crippen molar-refractivity contribution in [2.75, 3.05) is 6.61 Å². The van der Waals surface area contributed by atoms with Gasteiger partial charge in [0.25, 0.3) is 0 Å². The molecule has 1 atom stereocenters. The zero-order valence-corrected chi connectivity index (χ0v) is 9.12. The van der Waals surface area contributed by atoms with Crippen LogP contribution in [0.4, 0.5) is 0 Å². The molecule has 14 heavy (non-hydrogen) atoms. The topological polar surface area (TPSA) is 9.23 Å². The van der Waals surface area contributed by atoms with Gasteiger partial charge in [-0.05, 0) is 37.0 Å². The van der Waals surface area contributed by atoms with Gasteiger partial charge in [0.2, 0.25) is 0 Å². The molecule has 0 aliphatic heterocycles. The maximum absolute atomic E-state index is 5.61. The highest BCUT2D eigenvalue weighted by Crippen LogP contribution is 2.19. The van der Waals surface area contributed by atoms with Gasteiger partial charge in [-0.1, -0.05) is 32.4 Å². The molecule has 1 unspecified atom stereocenters. The van der Waals surface area contributed by atoms with E-state index in [9.17, 15) is 0 Å². The summed E-state index contributed by atoms with van der Waals surface area (Å²) < 4.78 is 5.61. The monoisotopic (exact) mass is 191 g/mol. The summed E-state index contributed by atoms with van der Waals surface area (Å²) in [5.74, 6) is 1.29. The molecule has 1 rings (SSSR count). The Morgan fingerprint density at radius 1 is 1.43 bits per heavy atom. The van der Waals surface area contributed by atoms with Gasteiger partial charge in [-0.2, -0.15) is 0 Å². The summed E-state index contributed by atoms with van der Waals surface area (Å²) in [5.41, 5.74) is 1.24. The molecular formula is C13H19O. The minimum Gasteiger partial charge on any atom is -0.494 e. The van der Waals surface area contributed by atoms with E-state index in [1.54, 1.807) is 0 Å². The second-order valence-electron chi connectivity index (χ2n) is 3.68. The van der Waals surface area contributed by atoms with Gasteiger partial charge in [0, 0.05) is 0 Å². The first-order valence-corrected chi connectivity index (χ1v) is 5.30. The van der Waals surface area contributed by atoms with E-state index >= 15 is 0 Å². The Balaban J connectivity index is 2.55. The van der Waals surface area contributed by atoms with Crippen LogP contribution in [0.3, 0.4) is 0 Å². The maximum atomic E-state index is 5.61. The average Bonchev–Trinajstić information content (AvgIpc) is 2.19. The van der Waals surface area contributed by atoms with Crippen LogP contribution < -0.4 is 4.74 Å². The fourth-order valence-corrected chi connectivity index (χ4v) is 1.25. The molecule has 0 aliphatic carbocycles. The molecule has 0 saturated heterocycles. The maximum Gasteiger partial charge on any atom is 0.119 e. The Labute approximate surface area is 87.1 Å². The van der Waals surface area contributed by atoms with Crippen LogP contribution in [0, 0.1) is 6.92 Å². The molecule has 0 aromatic heterocycles. The highest BCUT2D eigenvalue weighted by Gasteiger charge is 2.00. The van der Waals surface area contributed by atoms with E-state index in [4.69, 9.17) is 4.74 Å². The van der Waals surface area contributed by atoms with Crippen LogP contribution in [0.2, 0.25) is 0 Å². The van der Waals surface area contributed by atoms with Crippen LogP contribution in [-0.2, 0) is 0 Å². The van der Waals surface area contributed by atoms with Crippen LogP contribution in [0.5, 0.6) is 5.75 Å². The van der Waals surface area contributed by atoms with Crippen molar-refractivity contribution in [1.82, 2.24) is 0 Å². The predicted octanol–water partition coefficient (Wildman–Crippen LogP) is 3.80. The Morgan fingerprint density at radius 2 is 2.21 bits per heavy atom. The van der Waals surface area contributed by atoms with Gasteiger partial charge in [-0.25, -0.2) is 0 Å². The number of hydrogen-bond acceptors (Lipinski definition) is 1. The number of benzene rings is 1. The Morgan fingerprint density at radius 3 is 2.86 bits per heavy atom. The fourth-order valence-electron chi connectivity index (χ4n) is 1.25. The van der Waals surface area contributed by atoms with E-state index in [1.807, 2.05) is 12.1 Å². The Hall–Kier alpha value is -0.980. The van der Waals surface area contributed by atoms with Crippen LogP contribution >= 0.6 is 0 Å². The van der Waals surface area contributed by atoms with Crippen molar-refractivity contribution in [2.24, 2.45) is 0 Å². The third-order valence-electron chi connectivity index (χ3n) is 2.19. The molecule has 1 aromatic carbocycles. The summed E-state index contributed by atoms with van der Waals surface area (Å²) in [4.78, 5) is 0. The van der Waals surface area contributed by atoms with E-state index in [2.05, 4.69) is 32.9 Å². The molecule has 0 N–H and O–H groups in total. The van der Waals surface area contributed by atoms with Gasteiger partial charge in [0.1, 0.15) is 5.75 Å². The normalized spacial score (nSPS) is 10.6. The van der Waals surface area contributed by atoms with E-state index < -0.39 is 0 Å². The lowest BCUT2D eigenvalue weighted by Crippen LogP contribution is -1.97. The molecular weight excluding hydrogens is 172 g/mol. The minimum absolute atomic E-state index is 0.324. The van der Waals surface area contributed by atoms with Crippen LogP contribution in [0.1, 0.15) is 38.2 Å². The summed E-state index contributed by atoms with van der Waals surface area (Å²) in [6.07, 6.45) is 2.29. The second kappa shape index (κ2) is 5.69. The van der Waals surface area contributed by atoms with Gasteiger partial charge in [-0.15, -0.1) is 0 Å². The molecule has 1 aromatic rings. The van der Waals surface area contributed by atoms with Crippen molar-refractivity contribution < 1.29 is 4.74 Å². The van der Waals surface area contributed by atoms with E-state index in [-0.39, 0.29) is 0 Å². The van der Waals surface area contributed by atoms with Gasteiger partial charge in [0.15, 0.2) is 0 Å². The number of hydrogen-bond donors (Lipinski definition) is 0. The smallest absolute Gasteiger partial charge is 0.119 e. The van der Waals surface area contributed by atoms with E-state index in [1.165, 1.54) is 12.0 Å². The largest absolute Gasteiger partial charge is 0.494 e. The summed E-state index contributed by atoms with van der Waals surface area (Å²) >= 11 is 0. The van der Waals surface area contributed by atoms with Crippen LogP contribution in [0.15, 0.2) is 24.3 Å². The molecule has 77 valence electrons. The third kappa shape index (κ3) is 3.41. The van der Waals surface area contributed by atoms with Crippen LogP contribution in [-0.4, -0.2) is 6.61 Å². The SMILES string of the molecule is [CH2]C(C)c1cccc(OCCCC)c1. The van der Waals surface area contributed by atoms with E-state index in [0.717, 1.165) is 18.8 Å². The molecule has 1 radical (unpaired) electrons. The summed E-state index contributed by atoms with van der Waals surface area (Å²) in [6, 6.07) is 8.19. The summed E-state index contributed by atoms with van der Waals surface area (Å²) in [7, 11) is 0. The molecule has 1 heteroatoms. The molecule has 0 aliphatic rings. The standard InChI is InChI=1S/C13H19O/c1-4-5-9-14-13-8-6-7-12(10-13)11(2)3/h6-8,10-11H,2,4-5,9H2,1,3H3. The zero-order valence-electron chi connectivity index (χ0n) is 9.12. The van der Waals surface area contributed by atoms with Crippen molar-refractivity contribution in [3.05, 3.63) is 36.8 Å². The lowest BCUT2D eigenvalue weighted by atomic mass is 10.0. The molecule has 0 heterocycles. The molecule has 0 amide bonds. The predicted molar refractivity (Wildman–Crippen MR) is 60.6 cm³/mol. The summed E-state index contributed by atoms with van der Waals surface area (Å²) in [5, 5.41) is 0. The van der Waals surface area contributed by atoms with Gasteiger partial charge in [-0.3, -0.25) is 0 Å². The Kier molecular flexibility index (Phi) is 4.51. The van der Waals surface area contributed by atoms with E-state index in [0.29, 0.717) is 5.92 Å². The number of ether oxygens (including phenoxy) is 1. The first-order valence-electron chi connectivity index (χ1n) is 5.30. The van der Waals surface area contributed by atoms with Gasteiger partial charge < -0.3 is 4.74 Å². The quantitative estimate of drug-likeness (QED) is 0.643. The highest BCUT2D eigenvalue weighted by molar-refractivity contribution is 5.30. The molecule has 1 nitrogen and oxygen atoms in total. The highest BCUT2D eigenvalue weighted by atomic mass is 16.5. The Bertz CT molecular complexity index is 266. The van der Waals surface area contributed by atoms with Crippen molar-refractivity contribution in [3.8, 4) is 5.75 Å². The molecule has 0 bridgehead atoms. The fraction of sp³-hybridized carbons (Fsp3) is 0.462. The number of rotatable bonds is 5. The van der Waals surface area contributed by atoms with Crippen molar-refractivity contribution in [3.63, 3.8) is 0 Å². The van der Waals surface area contributed by atoms with Crippen LogP contribution in [0.25, 0.3) is 0 Å². The number of unbranched alkanes of at least 4 members (excludes halogenated alkanes) is 1.